The summed E-state index contributed by atoms with van der Waals surface area (Å²) < 4.78 is 5.31. The highest BCUT2D eigenvalue weighted by atomic mass is 32.2. The monoisotopic (exact) mass is 213 g/mol. The maximum absolute atomic E-state index is 5.31. The summed E-state index contributed by atoms with van der Waals surface area (Å²) in [5, 5.41) is 3.47. The normalized spacial score (nSPS) is 17.9. The van der Waals surface area contributed by atoms with Gasteiger partial charge in [-0.05, 0) is 25.3 Å². The van der Waals surface area contributed by atoms with Gasteiger partial charge in [-0.1, -0.05) is 5.92 Å². The Labute approximate surface area is 91.2 Å². The van der Waals surface area contributed by atoms with Gasteiger partial charge in [0.05, 0.1) is 5.75 Å². The fourth-order valence-corrected chi connectivity index (χ4v) is 2.08. The van der Waals surface area contributed by atoms with Gasteiger partial charge in [-0.3, -0.25) is 0 Å². The zero-order valence-electron chi connectivity index (χ0n) is 8.63. The Hall–Kier alpha value is -0.170. The molecular formula is C11H19NOS. The fourth-order valence-electron chi connectivity index (χ4n) is 1.53. The van der Waals surface area contributed by atoms with Crippen molar-refractivity contribution in [2.45, 2.75) is 12.8 Å². The second-order valence-electron chi connectivity index (χ2n) is 3.52. The van der Waals surface area contributed by atoms with Crippen molar-refractivity contribution in [2.24, 2.45) is 5.92 Å². The van der Waals surface area contributed by atoms with Crippen LogP contribution in [-0.2, 0) is 4.74 Å². The van der Waals surface area contributed by atoms with Crippen LogP contribution in [0.3, 0.4) is 0 Å². The molecule has 0 radical (unpaired) electrons. The van der Waals surface area contributed by atoms with Crippen LogP contribution in [0.15, 0.2) is 0 Å². The molecule has 0 unspecified atom stereocenters. The standard InChI is InChI=1S/C11H19NOS/c1-2-8-14-9-5-12-10-11-3-6-13-7-4-11/h1,11-12H,3-10H2. The molecule has 0 spiro atoms. The van der Waals surface area contributed by atoms with E-state index in [1.807, 2.05) is 11.8 Å². The summed E-state index contributed by atoms with van der Waals surface area (Å²) in [7, 11) is 0. The molecule has 1 aliphatic heterocycles. The highest BCUT2D eigenvalue weighted by Gasteiger charge is 2.12. The van der Waals surface area contributed by atoms with Gasteiger partial charge >= 0.3 is 0 Å². The van der Waals surface area contributed by atoms with E-state index in [0.29, 0.717) is 0 Å². The molecule has 14 heavy (non-hydrogen) atoms. The number of thioether (sulfide) groups is 1. The first-order valence-electron chi connectivity index (χ1n) is 5.23. The van der Waals surface area contributed by atoms with Crippen LogP contribution in [-0.4, -0.2) is 37.8 Å². The van der Waals surface area contributed by atoms with Gasteiger partial charge < -0.3 is 10.1 Å². The quantitative estimate of drug-likeness (QED) is 0.532. The predicted molar refractivity (Wildman–Crippen MR) is 62.6 cm³/mol. The van der Waals surface area contributed by atoms with Crippen LogP contribution in [0, 0.1) is 18.3 Å². The molecule has 1 saturated heterocycles. The number of rotatable bonds is 6. The van der Waals surface area contributed by atoms with Gasteiger partial charge in [0.25, 0.3) is 0 Å². The molecule has 80 valence electrons. The maximum Gasteiger partial charge on any atom is 0.0545 e. The van der Waals surface area contributed by atoms with E-state index < -0.39 is 0 Å². The highest BCUT2D eigenvalue weighted by molar-refractivity contribution is 7.99. The molecule has 0 aliphatic carbocycles. The minimum Gasteiger partial charge on any atom is -0.381 e. The van der Waals surface area contributed by atoms with Crippen LogP contribution in [0.4, 0.5) is 0 Å². The van der Waals surface area contributed by atoms with Gasteiger partial charge in [-0.2, -0.15) is 0 Å². The van der Waals surface area contributed by atoms with Crippen molar-refractivity contribution >= 4 is 11.8 Å². The Kier molecular flexibility index (Phi) is 6.94. The Morgan fingerprint density at radius 3 is 2.93 bits per heavy atom. The van der Waals surface area contributed by atoms with Crippen molar-refractivity contribution in [2.75, 3.05) is 37.8 Å². The summed E-state index contributed by atoms with van der Waals surface area (Å²) >= 11 is 1.82. The van der Waals surface area contributed by atoms with Gasteiger partial charge in [0.15, 0.2) is 0 Å². The third kappa shape index (κ3) is 5.54. The molecule has 1 aliphatic rings. The van der Waals surface area contributed by atoms with Crippen LogP contribution in [0.5, 0.6) is 0 Å². The lowest BCUT2D eigenvalue weighted by molar-refractivity contribution is 0.0665. The summed E-state index contributed by atoms with van der Waals surface area (Å²) in [6.07, 6.45) is 7.58. The lowest BCUT2D eigenvalue weighted by atomic mass is 10.0. The average Bonchev–Trinajstić information content (AvgIpc) is 2.25. The van der Waals surface area contributed by atoms with E-state index in [1.165, 1.54) is 12.8 Å². The second-order valence-corrected chi connectivity index (χ2v) is 4.62. The topological polar surface area (TPSA) is 21.3 Å². The van der Waals surface area contributed by atoms with Crippen molar-refractivity contribution in [1.29, 1.82) is 0 Å². The van der Waals surface area contributed by atoms with Crippen molar-refractivity contribution < 1.29 is 4.74 Å². The van der Waals surface area contributed by atoms with Crippen LogP contribution in [0.25, 0.3) is 0 Å². The molecule has 0 aromatic heterocycles. The molecule has 3 heteroatoms. The van der Waals surface area contributed by atoms with Gasteiger partial charge in [0.2, 0.25) is 0 Å². The van der Waals surface area contributed by atoms with E-state index >= 15 is 0 Å². The largest absolute Gasteiger partial charge is 0.381 e. The molecule has 0 atom stereocenters. The van der Waals surface area contributed by atoms with Gasteiger partial charge in [0, 0.05) is 25.5 Å². The summed E-state index contributed by atoms with van der Waals surface area (Å²) in [6, 6.07) is 0. The van der Waals surface area contributed by atoms with E-state index in [4.69, 9.17) is 11.2 Å². The Balaban J connectivity index is 1.85. The predicted octanol–water partition coefficient (Wildman–Crippen LogP) is 1.37. The third-order valence-corrected chi connectivity index (χ3v) is 3.25. The summed E-state index contributed by atoms with van der Waals surface area (Å²) in [5.41, 5.74) is 0. The van der Waals surface area contributed by atoms with Crippen LogP contribution >= 0.6 is 11.8 Å². The maximum atomic E-state index is 5.31. The van der Waals surface area contributed by atoms with Crippen molar-refractivity contribution in [3.63, 3.8) is 0 Å². The molecule has 1 fully saturated rings. The second kappa shape index (κ2) is 8.16. The number of hydrogen-bond donors (Lipinski definition) is 1. The summed E-state index contributed by atoms with van der Waals surface area (Å²) in [6.45, 7) is 4.10. The van der Waals surface area contributed by atoms with Crippen LogP contribution in [0.1, 0.15) is 12.8 Å². The lowest BCUT2D eigenvalue weighted by Crippen LogP contribution is -2.29. The molecule has 2 nitrogen and oxygen atoms in total. The lowest BCUT2D eigenvalue weighted by Gasteiger charge is -2.22. The van der Waals surface area contributed by atoms with E-state index in [9.17, 15) is 0 Å². The smallest absolute Gasteiger partial charge is 0.0545 e. The first-order chi connectivity index (χ1) is 6.93. The Morgan fingerprint density at radius 2 is 2.21 bits per heavy atom. The number of ether oxygens (including phenoxy) is 1. The Bertz CT molecular complexity index is 173. The summed E-state index contributed by atoms with van der Waals surface area (Å²) in [4.78, 5) is 0. The van der Waals surface area contributed by atoms with Gasteiger partial charge in [0.1, 0.15) is 0 Å². The molecule has 0 amide bonds. The minimum atomic E-state index is 0.821. The van der Waals surface area contributed by atoms with E-state index in [0.717, 1.165) is 43.7 Å². The minimum absolute atomic E-state index is 0.821. The molecule has 0 saturated carbocycles. The molecule has 0 aromatic rings. The molecular weight excluding hydrogens is 194 g/mol. The highest BCUT2D eigenvalue weighted by Crippen LogP contribution is 2.12. The summed E-state index contributed by atoms with van der Waals surface area (Å²) in [5.74, 6) is 5.40. The number of nitrogens with one attached hydrogen (secondary N) is 1. The van der Waals surface area contributed by atoms with Gasteiger partial charge in [-0.25, -0.2) is 0 Å². The fraction of sp³-hybridized carbons (Fsp3) is 0.818. The SMILES string of the molecule is C#CCSCCNCC1CCOCC1. The Morgan fingerprint density at radius 1 is 1.43 bits per heavy atom. The molecule has 1 rings (SSSR count). The first kappa shape index (κ1) is 11.9. The molecule has 1 N–H and O–H groups in total. The molecule has 0 aromatic carbocycles. The van der Waals surface area contributed by atoms with Crippen LogP contribution in [0.2, 0.25) is 0 Å². The zero-order valence-corrected chi connectivity index (χ0v) is 9.44. The van der Waals surface area contributed by atoms with E-state index in [2.05, 4.69) is 11.2 Å². The number of terminal acetylenes is 1. The zero-order chi connectivity index (χ0) is 10.1. The average molecular weight is 213 g/mol. The van der Waals surface area contributed by atoms with Crippen molar-refractivity contribution in [3.8, 4) is 12.3 Å². The molecule has 1 heterocycles. The first-order valence-corrected chi connectivity index (χ1v) is 6.38. The third-order valence-electron chi connectivity index (χ3n) is 2.38. The van der Waals surface area contributed by atoms with E-state index in [1.54, 1.807) is 0 Å². The molecule has 0 bridgehead atoms. The van der Waals surface area contributed by atoms with Gasteiger partial charge in [-0.15, -0.1) is 18.2 Å². The van der Waals surface area contributed by atoms with Crippen molar-refractivity contribution in [3.05, 3.63) is 0 Å². The van der Waals surface area contributed by atoms with E-state index in [-0.39, 0.29) is 0 Å². The number of hydrogen-bond acceptors (Lipinski definition) is 3. The van der Waals surface area contributed by atoms with Crippen LogP contribution < -0.4 is 5.32 Å². The van der Waals surface area contributed by atoms with Crippen molar-refractivity contribution in [1.82, 2.24) is 5.32 Å².